The van der Waals surface area contributed by atoms with Crippen LogP contribution in [0.5, 0.6) is 11.5 Å². The van der Waals surface area contributed by atoms with E-state index in [1.165, 1.54) is 31.3 Å². The van der Waals surface area contributed by atoms with Gasteiger partial charge in [0.25, 0.3) is 11.8 Å². The van der Waals surface area contributed by atoms with E-state index in [4.69, 9.17) is 21.7 Å². The molecular formula is C25H29N3O4S. The molecule has 1 N–H and O–H groups in total. The second-order valence-corrected chi connectivity index (χ2v) is 8.87. The van der Waals surface area contributed by atoms with Crippen molar-refractivity contribution in [2.45, 2.75) is 52.0 Å². The van der Waals surface area contributed by atoms with Crippen molar-refractivity contribution in [1.29, 1.82) is 0 Å². The molecule has 0 bridgehead atoms. The van der Waals surface area contributed by atoms with E-state index in [2.05, 4.69) is 16.8 Å². The first-order valence-electron chi connectivity index (χ1n) is 11.2. The summed E-state index contributed by atoms with van der Waals surface area (Å²) >= 11 is 5.34. The van der Waals surface area contributed by atoms with Crippen molar-refractivity contribution in [3.05, 3.63) is 46.8 Å². The Hall–Kier alpha value is -3.13. The van der Waals surface area contributed by atoms with Crippen LogP contribution < -0.4 is 19.7 Å². The zero-order valence-corrected chi connectivity index (χ0v) is 20.3. The van der Waals surface area contributed by atoms with Crippen LogP contribution in [0.3, 0.4) is 0 Å². The number of methoxy groups -OCH3 is 2. The van der Waals surface area contributed by atoms with Crippen molar-refractivity contribution >= 4 is 40.9 Å². The molecule has 2 fully saturated rings. The van der Waals surface area contributed by atoms with Crippen molar-refractivity contribution in [3.8, 4) is 11.5 Å². The van der Waals surface area contributed by atoms with Gasteiger partial charge in [0.2, 0.25) is 0 Å². The molecule has 0 radical (unpaired) electrons. The van der Waals surface area contributed by atoms with Crippen LogP contribution in [0.1, 0.15) is 55.1 Å². The highest BCUT2D eigenvalue weighted by Crippen LogP contribution is 2.36. The molecule has 174 valence electrons. The van der Waals surface area contributed by atoms with Gasteiger partial charge >= 0.3 is 0 Å². The summed E-state index contributed by atoms with van der Waals surface area (Å²) in [5, 5.41) is 2.66. The van der Waals surface area contributed by atoms with Gasteiger partial charge in [-0.15, -0.1) is 0 Å². The van der Waals surface area contributed by atoms with Crippen LogP contribution in [0, 0.1) is 13.8 Å². The van der Waals surface area contributed by atoms with E-state index < -0.39 is 11.8 Å². The third-order valence-corrected chi connectivity index (χ3v) is 6.78. The Kier molecular flexibility index (Phi) is 6.56. The number of rotatable bonds is 5. The van der Waals surface area contributed by atoms with Crippen molar-refractivity contribution < 1.29 is 19.1 Å². The molecule has 8 heteroatoms. The van der Waals surface area contributed by atoms with Crippen LogP contribution in [-0.2, 0) is 9.59 Å². The Morgan fingerprint density at radius 2 is 1.79 bits per heavy atom. The zero-order valence-electron chi connectivity index (χ0n) is 19.4. The van der Waals surface area contributed by atoms with Gasteiger partial charge < -0.3 is 14.0 Å². The molecule has 2 aromatic rings. The number of aromatic nitrogens is 1. The van der Waals surface area contributed by atoms with Crippen LogP contribution >= 0.6 is 12.2 Å². The van der Waals surface area contributed by atoms with E-state index in [1.807, 2.05) is 13.0 Å². The summed E-state index contributed by atoms with van der Waals surface area (Å²) in [6.07, 6.45) is 7.73. The standard InChI is InChI=1S/C25H29N3O4S/c1-15-12-17(16(2)27(15)18-8-6-5-7-9-18)13-20-23(29)26-25(33)28(24(20)30)21-11-10-19(31-3)14-22(21)32-4/h10-14,18H,5-9H2,1-4H3,(H,26,29,33)/b20-13-. The molecule has 33 heavy (non-hydrogen) atoms. The second-order valence-electron chi connectivity index (χ2n) is 8.48. The fourth-order valence-corrected chi connectivity index (χ4v) is 5.13. The predicted molar refractivity (Wildman–Crippen MR) is 132 cm³/mol. The number of ether oxygens (including phenoxy) is 2. The fourth-order valence-electron chi connectivity index (χ4n) is 4.85. The minimum atomic E-state index is -0.504. The smallest absolute Gasteiger partial charge is 0.270 e. The lowest BCUT2D eigenvalue weighted by Crippen LogP contribution is -2.54. The Labute approximate surface area is 199 Å². The topological polar surface area (TPSA) is 72.8 Å². The van der Waals surface area contributed by atoms with E-state index in [-0.39, 0.29) is 10.7 Å². The number of hydrogen-bond acceptors (Lipinski definition) is 5. The van der Waals surface area contributed by atoms with Crippen LogP contribution in [0.4, 0.5) is 5.69 Å². The van der Waals surface area contributed by atoms with Gasteiger partial charge in [0, 0.05) is 23.5 Å². The molecule has 2 amide bonds. The van der Waals surface area contributed by atoms with Crippen LogP contribution in [0.25, 0.3) is 6.08 Å². The monoisotopic (exact) mass is 467 g/mol. The van der Waals surface area contributed by atoms with Gasteiger partial charge in [-0.05, 0) is 68.7 Å². The van der Waals surface area contributed by atoms with Crippen LogP contribution in [0.2, 0.25) is 0 Å². The summed E-state index contributed by atoms with van der Waals surface area (Å²) in [6.45, 7) is 4.13. The van der Waals surface area contributed by atoms with Crippen LogP contribution in [-0.4, -0.2) is 35.7 Å². The molecule has 1 aromatic carbocycles. The van der Waals surface area contributed by atoms with Gasteiger partial charge in [0.15, 0.2) is 5.11 Å². The Balaban J connectivity index is 1.72. The van der Waals surface area contributed by atoms with Gasteiger partial charge in [-0.1, -0.05) is 19.3 Å². The summed E-state index contributed by atoms with van der Waals surface area (Å²) in [4.78, 5) is 27.6. The number of hydrogen-bond donors (Lipinski definition) is 1. The molecular weight excluding hydrogens is 438 g/mol. The molecule has 4 rings (SSSR count). The zero-order chi connectivity index (χ0) is 23.7. The minimum Gasteiger partial charge on any atom is -0.497 e. The third-order valence-electron chi connectivity index (χ3n) is 6.49. The Morgan fingerprint density at radius 3 is 2.45 bits per heavy atom. The molecule has 1 saturated heterocycles. The molecule has 1 aliphatic heterocycles. The van der Waals surface area contributed by atoms with Gasteiger partial charge in [0.1, 0.15) is 17.1 Å². The number of benzene rings is 1. The summed E-state index contributed by atoms with van der Waals surface area (Å²) in [6, 6.07) is 7.58. The number of anilines is 1. The van der Waals surface area contributed by atoms with E-state index in [1.54, 1.807) is 31.4 Å². The summed E-state index contributed by atoms with van der Waals surface area (Å²) < 4.78 is 13.1. The van der Waals surface area contributed by atoms with Gasteiger partial charge in [-0.2, -0.15) is 0 Å². The maximum Gasteiger partial charge on any atom is 0.270 e. The summed E-state index contributed by atoms with van der Waals surface area (Å²) in [5.74, 6) is 0.00263. The quantitative estimate of drug-likeness (QED) is 0.399. The maximum absolute atomic E-state index is 13.5. The highest BCUT2D eigenvalue weighted by atomic mass is 32.1. The lowest BCUT2D eigenvalue weighted by molar-refractivity contribution is -0.122. The minimum absolute atomic E-state index is 0.0123. The molecule has 7 nitrogen and oxygen atoms in total. The fraction of sp³-hybridized carbons (Fsp3) is 0.400. The maximum atomic E-state index is 13.5. The second kappa shape index (κ2) is 9.39. The molecule has 2 heterocycles. The highest BCUT2D eigenvalue weighted by molar-refractivity contribution is 7.80. The van der Waals surface area contributed by atoms with E-state index >= 15 is 0 Å². The Morgan fingerprint density at radius 1 is 1.06 bits per heavy atom. The predicted octanol–water partition coefficient (Wildman–Crippen LogP) is 4.46. The molecule has 1 saturated carbocycles. The lowest BCUT2D eigenvalue weighted by Gasteiger charge is -2.30. The van der Waals surface area contributed by atoms with E-state index in [0.29, 0.717) is 23.2 Å². The molecule has 1 aromatic heterocycles. The van der Waals surface area contributed by atoms with Crippen molar-refractivity contribution in [2.75, 3.05) is 19.1 Å². The van der Waals surface area contributed by atoms with Gasteiger partial charge in [0.05, 0.1) is 19.9 Å². The molecule has 0 spiro atoms. The largest absolute Gasteiger partial charge is 0.497 e. The van der Waals surface area contributed by atoms with E-state index in [9.17, 15) is 9.59 Å². The van der Waals surface area contributed by atoms with Crippen LogP contribution in [0.15, 0.2) is 29.8 Å². The number of carbonyl (C=O) groups excluding carboxylic acids is 2. The average Bonchev–Trinajstić information content (AvgIpc) is 3.09. The van der Waals surface area contributed by atoms with Crippen molar-refractivity contribution in [2.24, 2.45) is 0 Å². The molecule has 2 aliphatic rings. The molecule has 0 unspecified atom stereocenters. The number of nitrogens with zero attached hydrogens (tertiary/aromatic N) is 2. The first-order chi connectivity index (χ1) is 15.8. The number of amides is 2. The van der Waals surface area contributed by atoms with Gasteiger partial charge in [-0.25, -0.2) is 4.90 Å². The SMILES string of the molecule is COc1ccc(N2C(=O)/C(=C\c3cc(C)n(C4CCCCC4)c3C)C(=O)NC2=S)c(OC)c1. The molecule has 0 atom stereocenters. The number of carbonyl (C=O) groups is 2. The van der Waals surface area contributed by atoms with E-state index in [0.717, 1.165) is 29.8 Å². The molecule has 1 aliphatic carbocycles. The first kappa shape index (κ1) is 23.0. The summed E-state index contributed by atoms with van der Waals surface area (Å²) in [7, 11) is 3.06. The Bertz CT molecular complexity index is 1140. The summed E-state index contributed by atoms with van der Waals surface area (Å²) in [5.41, 5.74) is 3.54. The first-order valence-corrected chi connectivity index (χ1v) is 11.6. The third kappa shape index (κ3) is 4.27. The number of aryl methyl sites for hydroxylation is 1. The highest BCUT2D eigenvalue weighted by Gasteiger charge is 2.36. The average molecular weight is 468 g/mol. The van der Waals surface area contributed by atoms with Gasteiger partial charge in [-0.3, -0.25) is 14.9 Å². The normalized spacial score (nSPS) is 18.6. The lowest BCUT2D eigenvalue weighted by atomic mass is 9.95. The van der Waals surface area contributed by atoms with Crippen molar-refractivity contribution in [1.82, 2.24) is 9.88 Å². The number of thiocarbonyl (C=S) groups is 1. The van der Waals surface area contributed by atoms with Crippen molar-refractivity contribution in [3.63, 3.8) is 0 Å². The number of nitrogens with one attached hydrogen (secondary N) is 1.